The molecule has 1 aromatic carbocycles. The number of imidazole rings is 1. The molecular formula is C21H22N6O. The number of hydrogen-bond acceptors (Lipinski definition) is 5. The van der Waals surface area contributed by atoms with Crippen molar-refractivity contribution in [2.24, 2.45) is 0 Å². The van der Waals surface area contributed by atoms with E-state index >= 15 is 0 Å². The number of nitrogens with zero attached hydrogens (tertiary/aromatic N) is 6. The van der Waals surface area contributed by atoms with E-state index in [1.165, 1.54) is 5.56 Å². The van der Waals surface area contributed by atoms with Gasteiger partial charge in [-0.15, -0.1) is 0 Å². The fraction of sp³-hybridized carbons (Fsp3) is 0.333. The predicted molar refractivity (Wildman–Crippen MR) is 106 cm³/mol. The normalized spacial score (nSPS) is 14.9. The maximum Gasteiger partial charge on any atom is 0.274 e. The molecule has 0 bridgehead atoms. The van der Waals surface area contributed by atoms with Gasteiger partial charge < -0.3 is 9.30 Å². The predicted octanol–water partition coefficient (Wildman–Crippen LogP) is 2.38. The molecule has 28 heavy (non-hydrogen) atoms. The van der Waals surface area contributed by atoms with E-state index < -0.39 is 0 Å². The van der Waals surface area contributed by atoms with Gasteiger partial charge in [-0.2, -0.15) is 5.26 Å². The summed E-state index contributed by atoms with van der Waals surface area (Å²) in [6.45, 7) is 5.69. The van der Waals surface area contributed by atoms with Gasteiger partial charge in [0.1, 0.15) is 11.4 Å². The Balaban J connectivity index is 1.55. The van der Waals surface area contributed by atoms with Crippen LogP contribution in [-0.2, 0) is 0 Å². The Bertz CT molecular complexity index is 1030. The highest BCUT2D eigenvalue weighted by molar-refractivity contribution is 5.93. The summed E-state index contributed by atoms with van der Waals surface area (Å²) in [5.74, 6) is -0.0570. The van der Waals surface area contributed by atoms with Crippen molar-refractivity contribution >= 4 is 11.6 Å². The standard InChI is InChI=1S/C21H22N6O/c1-16-3-5-17(6-4-16)19-20-24-18(15-27(20)10-8-23-19)21(28)26-13-11-25(12-14-26)9-2-7-22/h3-6,8,10,15H,2,9,11-14H2,1H3. The van der Waals surface area contributed by atoms with Gasteiger partial charge in [-0.1, -0.05) is 29.8 Å². The molecule has 7 nitrogen and oxygen atoms in total. The summed E-state index contributed by atoms with van der Waals surface area (Å²) < 4.78 is 1.86. The first-order chi connectivity index (χ1) is 13.7. The maximum absolute atomic E-state index is 12.9. The number of rotatable bonds is 4. The average molecular weight is 374 g/mol. The van der Waals surface area contributed by atoms with Crippen LogP contribution in [0, 0.1) is 18.3 Å². The van der Waals surface area contributed by atoms with Crippen molar-refractivity contribution in [3.63, 3.8) is 0 Å². The first-order valence-electron chi connectivity index (χ1n) is 9.45. The number of nitriles is 1. The average Bonchev–Trinajstić information content (AvgIpc) is 3.17. The Kier molecular flexibility index (Phi) is 5.04. The smallest absolute Gasteiger partial charge is 0.274 e. The Morgan fingerprint density at radius 1 is 1.18 bits per heavy atom. The van der Waals surface area contributed by atoms with Crippen LogP contribution in [0.1, 0.15) is 22.5 Å². The van der Waals surface area contributed by atoms with Gasteiger partial charge in [0.05, 0.1) is 6.07 Å². The summed E-state index contributed by atoms with van der Waals surface area (Å²) in [6.07, 6.45) is 5.84. The van der Waals surface area contributed by atoms with E-state index in [-0.39, 0.29) is 5.91 Å². The molecule has 0 spiro atoms. The van der Waals surface area contributed by atoms with Crippen molar-refractivity contribution in [3.8, 4) is 17.3 Å². The molecule has 0 saturated carbocycles. The zero-order valence-corrected chi connectivity index (χ0v) is 15.9. The van der Waals surface area contributed by atoms with Crippen molar-refractivity contribution in [2.75, 3.05) is 32.7 Å². The van der Waals surface area contributed by atoms with Crippen molar-refractivity contribution in [2.45, 2.75) is 13.3 Å². The number of fused-ring (bicyclic) bond motifs is 1. The molecule has 0 N–H and O–H groups in total. The van der Waals surface area contributed by atoms with Crippen LogP contribution in [0.5, 0.6) is 0 Å². The van der Waals surface area contributed by atoms with Crippen LogP contribution in [-0.4, -0.2) is 62.8 Å². The Morgan fingerprint density at radius 2 is 1.93 bits per heavy atom. The van der Waals surface area contributed by atoms with Gasteiger partial charge in [-0.05, 0) is 6.92 Å². The third kappa shape index (κ3) is 3.59. The third-order valence-corrected chi connectivity index (χ3v) is 5.12. The van der Waals surface area contributed by atoms with E-state index in [1.807, 2.05) is 46.7 Å². The summed E-state index contributed by atoms with van der Waals surface area (Å²) in [4.78, 5) is 26.1. The number of piperazine rings is 1. The van der Waals surface area contributed by atoms with E-state index in [4.69, 9.17) is 5.26 Å². The third-order valence-electron chi connectivity index (χ3n) is 5.12. The van der Waals surface area contributed by atoms with Crippen molar-refractivity contribution in [1.29, 1.82) is 5.26 Å². The molecule has 0 aliphatic carbocycles. The second-order valence-corrected chi connectivity index (χ2v) is 7.04. The lowest BCUT2D eigenvalue weighted by molar-refractivity contribution is 0.0634. The lowest BCUT2D eigenvalue weighted by Crippen LogP contribution is -2.48. The molecule has 0 atom stereocenters. The highest BCUT2D eigenvalue weighted by atomic mass is 16.2. The Labute approximate surface area is 163 Å². The van der Waals surface area contributed by atoms with Gasteiger partial charge in [-0.3, -0.25) is 14.7 Å². The molecule has 1 saturated heterocycles. The summed E-state index contributed by atoms with van der Waals surface area (Å²) in [5.41, 5.74) is 4.05. The number of aryl methyl sites for hydroxylation is 1. The van der Waals surface area contributed by atoms with Crippen LogP contribution in [0.15, 0.2) is 42.9 Å². The maximum atomic E-state index is 12.9. The van der Waals surface area contributed by atoms with E-state index in [0.717, 1.165) is 30.9 Å². The van der Waals surface area contributed by atoms with Crippen molar-refractivity contribution < 1.29 is 4.79 Å². The van der Waals surface area contributed by atoms with Gasteiger partial charge in [-0.25, -0.2) is 4.98 Å². The fourth-order valence-electron chi connectivity index (χ4n) is 3.48. The second-order valence-electron chi connectivity index (χ2n) is 7.04. The molecule has 0 radical (unpaired) electrons. The lowest BCUT2D eigenvalue weighted by Gasteiger charge is -2.33. The summed E-state index contributed by atoms with van der Waals surface area (Å²) in [7, 11) is 0. The number of amides is 1. The van der Waals surface area contributed by atoms with Crippen LogP contribution in [0.4, 0.5) is 0 Å². The molecule has 1 aliphatic rings. The molecule has 1 fully saturated rings. The molecule has 3 aromatic rings. The number of carbonyl (C=O) groups excluding carboxylic acids is 1. The van der Waals surface area contributed by atoms with Crippen LogP contribution in [0.25, 0.3) is 16.9 Å². The SMILES string of the molecule is Cc1ccc(-c2nccn3cc(C(=O)N4CCN(CCC#N)CC4)nc23)cc1. The molecule has 3 heterocycles. The quantitative estimate of drug-likeness (QED) is 0.701. The number of aromatic nitrogens is 3. The van der Waals surface area contributed by atoms with Crippen LogP contribution in [0.2, 0.25) is 0 Å². The molecule has 142 valence electrons. The van der Waals surface area contributed by atoms with Crippen molar-refractivity contribution in [1.82, 2.24) is 24.2 Å². The van der Waals surface area contributed by atoms with E-state index in [1.54, 1.807) is 12.4 Å². The number of carbonyl (C=O) groups is 1. The topological polar surface area (TPSA) is 77.5 Å². The molecule has 0 unspecified atom stereocenters. The zero-order valence-electron chi connectivity index (χ0n) is 15.9. The molecular weight excluding hydrogens is 352 g/mol. The second kappa shape index (κ2) is 7.79. The number of hydrogen-bond donors (Lipinski definition) is 0. The van der Waals surface area contributed by atoms with Crippen LogP contribution in [0.3, 0.4) is 0 Å². The van der Waals surface area contributed by atoms with Gasteiger partial charge in [0.2, 0.25) is 0 Å². The lowest BCUT2D eigenvalue weighted by atomic mass is 10.1. The van der Waals surface area contributed by atoms with E-state index in [2.05, 4.69) is 20.9 Å². The molecule has 1 aliphatic heterocycles. The first-order valence-corrected chi connectivity index (χ1v) is 9.45. The van der Waals surface area contributed by atoms with Crippen LogP contribution < -0.4 is 0 Å². The van der Waals surface area contributed by atoms with Gasteiger partial charge in [0.25, 0.3) is 5.91 Å². The van der Waals surface area contributed by atoms with Gasteiger partial charge >= 0.3 is 0 Å². The first kappa shape index (κ1) is 18.1. The van der Waals surface area contributed by atoms with E-state index in [0.29, 0.717) is 30.9 Å². The van der Waals surface area contributed by atoms with Crippen molar-refractivity contribution in [3.05, 3.63) is 54.1 Å². The summed E-state index contributed by atoms with van der Waals surface area (Å²) in [6, 6.07) is 10.3. The fourth-order valence-corrected chi connectivity index (χ4v) is 3.48. The Hall–Kier alpha value is -3.24. The number of benzene rings is 1. The summed E-state index contributed by atoms with van der Waals surface area (Å²) in [5, 5.41) is 8.72. The van der Waals surface area contributed by atoms with Gasteiger partial charge in [0.15, 0.2) is 5.65 Å². The molecule has 2 aromatic heterocycles. The monoisotopic (exact) mass is 374 g/mol. The zero-order chi connectivity index (χ0) is 19.5. The minimum atomic E-state index is -0.0570. The van der Waals surface area contributed by atoms with E-state index in [9.17, 15) is 4.79 Å². The summed E-state index contributed by atoms with van der Waals surface area (Å²) >= 11 is 0. The minimum Gasteiger partial charge on any atom is -0.335 e. The highest BCUT2D eigenvalue weighted by Gasteiger charge is 2.24. The van der Waals surface area contributed by atoms with Gasteiger partial charge in [0, 0.05) is 63.3 Å². The van der Waals surface area contributed by atoms with Crippen LogP contribution >= 0.6 is 0 Å². The molecule has 1 amide bonds. The highest BCUT2D eigenvalue weighted by Crippen LogP contribution is 2.22. The molecule has 4 rings (SSSR count). The minimum absolute atomic E-state index is 0.0570. The largest absolute Gasteiger partial charge is 0.335 e. The Morgan fingerprint density at radius 3 is 2.64 bits per heavy atom. The molecule has 7 heteroatoms.